The number of benzene rings is 2. The lowest BCUT2D eigenvalue weighted by atomic mass is 10.3. The molecule has 1 heterocycles. The fourth-order valence-corrected chi connectivity index (χ4v) is 5.43. The topological polar surface area (TPSA) is 75.7 Å². The highest BCUT2D eigenvalue weighted by atomic mass is 79.9. The Morgan fingerprint density at radius 2 is 1.97 bits per heavy atom. The molecular formula is C19H16BrFN2O4S2. The zero-order valence-electron chi connectivity index (χ0n) is 15.1. The molecule has 152 valence electrons. The summed E-state index contributed by atoms with van der Waals surface area (Å²) in [5.41, 5.74) is 0.154. The van der Waals surface area contributed by atoms with Crippen molar-refractivity contribution in [2.24, 2.45) is 0 Å². The van der Waals surface area contributed by atoms with Crippen LogP contribution in [-0.4, -0.2) is 28.0 Å². The first-order chi connectivity index (χ1) is 13.8. The summed E-state index contributed by atoms with van der Waals surface area (Å²) in [5, 5.41) is 4.04. The minimum Gasteiger partial charge on any atom is -0.495 e. The van der Waals surface area contributed by atoms with E-state index in [1.807, 2.05) is 0 Å². The van der Waals surface area contributed by atoms with Crippen LogP contribution in [0.5, 0.6) is 5.75 Å². The molecule has 3 aromatic rings. The van der Waals surface area contributed by atoms with Gasteiger partial charge in [-0.1, -0.05) is 34.1 Å². The van der Waals surface area contributed by atoms with Crippen molar-refractivity contribution in [1.82, 2.24) is 0 Å². The van der Waals surface area contributed by atoms with Gasteiger partial charge in [-0.2, -0.15) is 0 Å². The number of thiophene rings is 1. The van der Waals surface area contributed by atoms with Gasteiger partial charge < -0.3 is 10.1 Å². The van der Waals surface area contributed by atoms with E-state index in [2.05, 4.69) is 21.2 Å². The number of anilines is 2. The van der Waals surface area contributed by atoms with Gasteiger partial charge in [0.25, 0.3) is 10.0 Å². The molecule has 0 aliphatic carbocycles. The van der Waals surface area contributed by atoms with Crippen LogP contribution in [0.4, 0.5) is 15.8 Å². The second-order valence-corrected chi connectivity index (χ2v) is 9.74. The summed E-state index contributed by atoms with van der Waals surface area (Å²) in [7, 11) is -2.63. The number of sulfonamides is 1. The van der Waals surface area contributed by atoms with Crippen molar-refractivity contribution in [3.63, 3.8) is 0 Å². The van der Waals surface area contributed by atoms with Crippen molar-refractivity contribution in [1.29, 1.82) is 0 Å². The minimum atomic E-state index is -4.04. The van der Waals surface area contributed by atoms with Crippen LogP contribution in [0.15, 0.2) is 68.7 Å². The predicted octanol–water partition coefficient (Wildman–Crippen LogP) is 4.49. The summed E-state index contributed by atoms with van der Waals surface area (Å²) in [6.07, 6.45) is 0. The number of para-hydroxylation sites is 2. The lowest BCUT2D eigenvalue weighted by Crippen LogP contribution is -2.38. The number of methoxy groups -OCH3 is 1. The molecule has 1 aromatic heterocycles. The van der Waals surface area contributed by atoms with E-state index < -0.39 is 28.3 Å². The number of nitrogens with zero attached hydrogens (tertiary/aromatic N) is 1. The Labute approximate surface area is 180 Å². The zero-order chi connectivity index (χ0) is 21.0. The van der Waals surface area contributed by atoms with Gasteiger partial charge in [-0.3, -0.25) is 9.10 Å². The molecule has 0 unspecified atom stereocenters. The van der Waals surface area contributed by atoms with Crippen LogP contribution < -0.4 is 14.4 Å². The maximum absolute atomic E-state index is 14.1. The fourth-order valence-electron chi connectivity index (χ4n) is 2.57. The van der Waals surface area contributed by atoms with Crippen molar-refractivity contribution in [2.75, 3.05) is 23.3 Å². The van der Waals surface area contributed by atoms with Crippen molar-refractivity contribution in [3.8, 4) is 5.75 Å². The number of hydrogen-bond acceptors (Lipinski definition) is 5. The molecule has 0 aliphatic heterocycles. The fraction of sp³-hybridized carbons (Fsp3) is 0.105. The van der Waals surface area contributed by atoms with Crippen LogP contribution in [-0.2, 0) is 14.8 Å². The Balaban J connectivity index is 1.96. The van der Waals surface area contributed by atoms with Crippen LogP contribution in [0.1, 0.15) is 0 Å². The third-order valence-electron chi connectivity index (χ3n) is 3.89. The second kappa shape index (κ2) is 8.93. The van der Waals surface area contributed by atoms with E-state index in [1.165, 1.54) is 31.4 Å². The zero-order valence-corrected chi connectivity index (χ0v) is 18.4. The third kappa shape index (κ3) is 4.77. The summed E-state index contributed by atoms with van der Waals surface area (Å²) >= 11 is 4.18. The highest BCUT2D eigenvalue weighted by Gasteiger charge is 2.30. The maximum atomic E-state index is 14.1. The Hall–Kier alpha value is -2.43. The molecule has 0 radical (unpaired) electrons. The van der Waals surface area contributed by atoms with Crippen LogP contribution in [0.3, 0.4) is 0 Å². The normalized spacial score (nSPS) is 11.1. The van der Waals surface area contributed by atoms with Crippen molar-refractivity contribution in [2.45, 2.75) is 4.21 Å². The molecule has 6 nitrogen and oxygen atoms in total. The first kappa shape index (κ1) is 21.3. The molecule has 0 saturated heterocycles. The molecule has 0 bridgehead atoms. The molecule has 0 atom stereocenters. The van der Waals surface area contributed by atoms with Gasteiger partial charge in [0.05, 0.1) is 18.5 Å². The lowest BCUT2D eigenvalue weighted by molar-refractivity contribution is -0.114. The second-order valence-electron chi connectivity index (χ2n) is 5.79. The van der Waals surface area contributed by atoms with Gasteiger partial charge in [-0.15, -0.1) is 11.3 Å². The molecule has 0 saturated carbocycles. The molecule has 3 rings (SSSR count). The first-order valence-corrected chi connectivity index (χ1v) is 11.4. The quantitative estimate of drug-likeness (QED) is 0.520. The standard InChI is InChI=1S/C19H16BrFN2O4S2/c1-27-17-6-3-2-5-16(17)23(29(25,26)19-7-4-10-28-19)12-18(24)22-15-9-8-13(20)11-14(15)21/h2-11H,12H2,1H3,(H,22,24). The molecule has 0 aliphatic rings. The molecule has 0 spiro atoms. The van der Waals surface area contributed by atoms with Gasteiger partial charge >= 0.3 is 0 Å². The Bertz CT molecular complexity index is 1120. The summed E-state index contributed by atoms with van der Waals surface area (Å²) < 4.78 is 47.2. The van der Waals surface area contributed by atoms with Crippen LogP contribution in [0.2, 0.25) is 0 Å². The summed E-state index contributed by atoms with van der Waals surface area (Å²) in [6, 6.07) is 13.7. The van der Waals surface area contributed by atoms with E-state index in [0.717, 1.165) is 15.6 Å². The Morgan fingerprint density at radius 1 is 1.21 bits per heavy atom. The smallest absolute Gasteiger partial charge is 0.274 e. The number of amides is 1. The number of ether oxygens (including phenoxy) is 1. The minimum absolute atomic E-state index is 0.0494. The van der Waals surface area contributed by atoms with Crippen molar-refractivity contribution >= 4 is 54.6 Å². The van der Waals surface area contributed by atoms with E-state index in [4.69, 9.17) is 4.74 Å². The third-order valence-corrected chi connectivity index (χ3v) is 7.51. The van der Waals surface area contributed by atoms with E-state index in [-0.39, 0.29) is 21.3 Å². The highest BCUT2D eigenvalue weighted by Crippen LogP contribution is 2.33. The van der Waals surface area contributed by atoms with Crippen LogP contribution >= 0.6 is 27.3 Å². The van der Waals surface area contributed by atoms with Gasteiger partial charge in [0.2, 0.25) is 5.91 Å². The van der Waals surface area contributed by atoms with Gasteiger partial charge in [0, 0.05) is 4.47 Å². The summed E-state index contributed by atoms with van der Waals surface area (Å²) in [4.78, 5) is 12.6. The van der Waals surface area contributed by atoms with Crippen LogP contribution in [0, 0.1) is 5.82 Å². The van der Waals surface area contributed by atoms with Gasteiger partial charge in [-0.05, 0) is 41.8 Å². The molecule has 10 heteroatoms. The van der Waals surface area contributed by atoms with Gasteiger partial charge in [-0.25, -0.2) is 12.8 Å². The largest absolute Gasteiger partial charge is 0.495 e. The molecule has 29 heavy (non-hydrogen) atoms. The summed E-state index contributed by atoms with van der Waals surface area (Å²) in [5.74, 6) is -1.05. The highest BCUT2D eigenvalue weighted by molar-refractivity contribution is 9.10. The van der Waals surface area contributed by atoms with Crippen molar-refractivity contribution in [3.05, 3.63) is 70.3 Å². The average Bonchev–Trinajstić information content (AvgIpc) is 3.24. The number of nitrogens with one attached hydrogen (secondary N) is 1. The number of carbonyl (C=O) groups excluding carboxylic acids is 1. The Morgan fingerprint density at radius 3 is 2.62 bits per heavy atom. The molecule has 1 amide bonds. The molecule has 0 fully saturated rings. The van der Waals surface area contributed by atoms with Gasteiger partial charge in [0.1, 0.15) is 22.3 Å². The number of halogens is 2. The van der Waals surface area contributed by atoms with Crippen LogP contribution in [0.25, 0.3) is 0 Å². The number of hydrogen-bond donors (Lipinski definition) is 1. The maximum Gasteiger partial charge on any atom is 0.274 e. The SMILES string of the molecule is COc1ccccc1N(CC(=O)Nc1ccc(Br)cc1F)S(=O)(=O)c1cccs1. The predicted molar refractivity (Wildman–Crippen MR) is 115 cm³/mol. The van der Waals surface area contributed by atoms with E-state index in [1.54, 1.807) is 35.7 Å². The molecular weight excluding hydrogens is 483 g/mol. The van der Waals surface area contributed by atoms with E-state index in [0.29, 0.717) is 4.47 Å². The summed E-state index contributed by atoms with van der Waals surface area (Å²) in [6.45, 7) is -0.559. The van der Waals surface area contributed by atoms with Gasteiger partial charge in [0.15, 0.2) is 0 Å². The van der Waals surface area contributed by atoms with Crippen molar-refractivity contribution < 1.29 is 22.3 Å². The lowest BCUT2D eigenvalue weighted by Gasteiger charge is -2.25. The number of rotatable bonds is 7. The van der Waals surface area contributed by atoms with E-state index >= 15 is 0 Å². The average molecular weight is 499 g/mol. The monoisotopic (exact) mass is 498 g/mol. The first-order valence-electron chi connectivity index (χ1n) is 8.27. The molecule has 2 aromatic carbocycles. The molecule has 1 N–H and O–H groups in total. The number of carbonyl (C=O) groups is 1. The Kier molecular flexibility index (Phi) is 6.56. The van der Waals surface area contributed by atoms with E-state index in [9.17, 15) is 17.6 Å².